The summed E-state index contributed by atoms with van der Waals surface area (Å²) >= 11 is 0. The van der Waals surface area contributed by atoms with Crippen molar-refractivity contribution in [2.45, 2.75) is 18.9 Å². The lowest BCUT2D eigenvalue weighted by atomic mass is 10.0. The van der Waals surface area contributed by atoms with E-state index in [1.165, 1.54) is 0 Å². The third-order valence-corrected chi connectivity index (χ3v) is 5.84. The Morgan fingerprint density at radius 3 is 2.15 bits per heavy atom. The molecule has 1 fully saturated rings. The summed E-state index contributed by atoms with van der Waals surface area (Å²) in [5.74, 6) is 2.52. The van der Waals surface area contributed by atoms with Crippen LogP contribution in [0.4, 0.5) is 0 Å². The highest BCUT2D eigenvalue weighted by atomic mass is 16.5. The molecule has 1 heterocycles. The average molecular weight is 459 g/mol. The summed E-state index contributed by atoms with van der Waals surface area (Å²) in [7, 11) is 6.39. The third kappa shape index (κ3) is 6.52. The number of rotatable bonds is 11. The van der Waals surface area contributed by atoms with E-state index in [1.54, 1.807) is 28.4 Å². The van der Waals surface area contributed by atoms with Gasteiger partial charge in [0.15, 0.2) is 11.5 Å². The molecular weight excluding hydrogens is 424 g/mol. The van der Waals surface area contributed by atoms with Crippen molar-refractivity contribution in [3.05, 3.63) is 47.5 Å². The molecule has 180 valence electrons. The number of nitrogens with one attached hydrogen (secondary N) is 1. The van der Waals surface area contributed by atoms with Gasteiger partial charge in [0.05, 0.1) is 47.7 Å². The maximum absolute atomic E-state index is 12.7. The van der Waals surface area contributed by atoms with Crippen molar-refractivity contribution in [3.8, 4) is 23.0 Å². The van der Waals surface area contributed by atoms with E-state index in [1.807, 2.05) is 24.3 Å². The second-order valence-corrected chi connectivity index (χ2v) is 7.77. The first-order chi connectivity index (χ1) is 16.1. The predicted octanol–water partition coefficient (Wildman–Crippen LogP) is 2.84. The first-order valence-corrected chi connectivity index (χ1v) is 11.1. The van der Waals surface area contributed by atoms with E-state index < -0.39 is 0 Å². The predicted molar refractivity (Wildman–Crippen MR) is 126 cm³/mol. The van der Waals surface area contributed by atoms with Gasteiger partial charge in [-0.3, -0.25) is 9.69 Å². The van der Waals surface area contributed by atoms with Gasteiger partial charge in [-0.05, 0) is 41.8 Å². The second kappa shape index (κ2) is 12.3. The fourth-order valence-corrected chi connectivity index (χ4v) is 4.01. The molecule has 0 aliphatic carbocycles. The minimum absolute atomic E-state index is 0.00415. The molecule has 3 rings (SSSR count). The highest BCUT2D eigenvalue weighted by Crippen LogP contribution is 2.38. The molecule has 0 radical (unpaired) electrons. The van der Waals surface area contributed by atoms with Crippen LogP contribution in [0.3, 0.4) is 0 Å². The SMILES string of the molecule is COc1ccc(C(CNC(=O)CCc2cc(OC)c(OC)c(OC)c2)N2CCOCC2)cc1. The summed E-state index contributed by atoms with van der Waals surface area (Å²) in [5.41, 5.74) is 2.09. The lowest BCUT2D eigenvalue weighted by Crippen LogP contribution is -2.43. The highest BCUT2D eigenvalue weighted by Gasteiger charge is 2.23. The Morgan fingerprint density at radius 1 is 0.970 bits per heavy atom. The number of benzene rings is 2. The summed E-state index contributed by atoms with van der Waals surface area (Å²) in [5, 5.41) is 3.12. The van der Waals surface area contributed by atoms with Gasteiger partial charge in [-0.2, -0.15) is 0 Å². The van der Waals surface area contributed by atoms with Crippen molar-refractivity contribution in [3.63, 3.8) is 0 Å². The fourth-order valence-electron chi connectivity index (χ4n) is 4.01. The molecule has 2 aromatic rings. The van der Waals surface area contributed by atoms with Crippen LogP contribution in [-0.4, -0.2) is 72.1 Å². The molecule has 8 heteroatoms. The van der Waals surface area contributed by atoms with Crippen LogP contribution in [0.15, 0.2) is 36.4 Å². The minimum atomic E-state index is -0.00415. The zero-order chi connectivity index (χ0) is 23.6. The smallest absolute Gasteiger partial charge is 0.220 e. The van der Waals surface area contributed by atoms with Crippen molar-refractivity contribution in [1.82, 2.24) is 10.2 Å². The average Bonchev–Trinajstić information content (AvgIpc) is 2.87. The molecule has 8 nitrogen and oxygen atoms in total. The van der Waals surface area contributed by atoms with Gasteiger partial charge in [-0.1, -0.05) is 12.1 Å². The number of ether oxygens (including phenoxy) is 5. The van der Waals surface area contributed by atoms with Gasteiger partial charge in [0.25, 0.3) is 0 Å². The largest absolute Gasteiger partial charge is 0.497 e. The zero-order valence-electron chi connectivity index (χ0n) is 19.9. The Labute approximate surface area is 195 Å². The van der Waals surface area contributed by atoms with Gasteiger partial charge in [0, 0.05) is 26.1 Å². The molecule has 1 aliphatic heterocycles. The molecular formula is C25H34N2O6. The first-order valence-electron chi connectivity index (χ1n) is 11.1. The Kier molecular flexibility index (Phi) is 9.21. The second-order valence-electron chi connectivity index (χ2n) is 7.77. The van der Waals surface area contributed by atoms with Crippen molar-refractivity contribution in [2.75, 3.05) is 61.3 Å². The summed E-state index contributed by atoms with van der Waals surface area (Å²) in [6, 6.07) is 11.8. The van der Waals surface area contributed by atoms with Crippen LogP contribution in [-0.2, 0) is 16.0 Å². The number of morpholine rings is 1. The molecule has 1 amide bonds. The van der Waals surface area contributed by atoms with Gasteiger partial charge in [-0.15, -0.1) is 0 Å². The Bertz CT molecular complexity index is 871. The lowest BCUT2D eigenvalue weighted by Gasteiger charge is -2.35. The Morgan fingerprint density at radius 2 is 1.61 bits per heavy atom. The van der Waals surface area contributed by atoms with Gasteiger partial charge in [0.2, 0.25) is 11.7 Å². The minimum Gasteiger partial charge on any atom is -0.497 e. The third-order valence-electron chi connectivity index (χ3n) is 5.84. The molecule has 1 saturated heterocycles. The molecule has 1 N–H and O–H groups in total. The highest BCUT2D eigenvalue weighted by molar-refractivity contribution is 5.76. The van der Waals surface area contributed by atoms with E-state index in [0.717, 1.165) is 30.0 Å². The Hall–Kier alpha value is -2.97. The number of hydrogen-bond donors (Lipinski definition) is 1. The summed E-state index contributed by atoms with van der Waals surface area (Å²) < 4.78 is 27.0. The van der Waals surface area contributed by atoms with Gasteiger partial charge in [-0.25, -0.2) is 0 Å². The van der Waals surface area contributed by atoms with Crippen molar-refractivity contribution in [2.24, 2.45) is 0 Å². The maximum atomic E-state index is 12.7. The number of nitrogens with zero attached hydrogens (tertiary/aromatic N) is 1. The monoisotopic (exact) mass is 458 g/mol. The van der Waals surface area contributed by atoms with Crippen molar-refractivity contribution >= 4 is 5.91 Å². The van der Waals surface area contributed by atoms with Crippen molar-refractivity contribution in [1.29, 1.82) is 0 Å². The van der Waals surface area contributed by atoms with Gasteiger partial charge in [0.1, 0.15) is 5.75 Å². The topological polar surface area (TPSA) is 78.5 Å². The quantitative estimate of drug-likeness (QED) is 0.555. The van der Waals surface area contributed by atoms with Crippen molar-refractivity contribution < 1.29 is 28.5 Å². The molecule has 33 heavy (non-hydrogen) atoms. The van der Waals surface area contributed by atoms with Crippen LogP contribution >= 0.6 is 0 Å². The standard InChI is InChI=1S/C25H34N2O6/c1-29-20-8-6-19(7-9-20)21(27-11-13-33-14-12-27)17-26-24(28)10-5-18-15-22(30-2)25(32-4)23(16-18)31-3/h6-9,15-16,21H,5,10-14,17H2,1-4H3,(H,26,28). The molecule has 1 aliphatic rings. The van der Waals surface area contributed by atoms with Crippen LogP contribution in [0.2, 0.25) is 0 Å². The number of hydrogen-bond acceptors (Lipinski definition) is 7. The number of amides is 1. The van der Waals surface area contributed by atoms with E-state index in [-0.39, 0.29) is 11.9 Å². The van der Waals surface area contributed by atoms with Crippen LogP contribution in [0.25, 0.3) is 0 Å². The number of carbonyl (C=O) groups is 1. The lowest BCUT2D eigenvalue weighted by molar-refractivity contribution is -0.121. The molecule has 1 atom stereocenters. The normalized spacial score (nSPS) is 14.9. The molecule has 0 spiro atoms. The zero-order valence-corrected chi connectivity index (χ0v) is 19.9. The van der Waals surface area contributed by atoms with E-state index in [2.05, 4.69) is 22.3 Å². The fraction of sp³-hybridized carbons (Fsp3) is 0.480. The Balaban J connectivity index is 1.63. The van der Waals surface area contributed by atoms with E-state index in [9.17, 15) is 4.79 Å². The summed E-state index contributed by atoms with van der Waals surface area (Å²) in [6.45, 7) is 3.58. The molecule has 0 aromatic heterocycles. The summed E-state index contributed by atoms with van der Waals surface area (Å²) in [4.78, 5) is 15.1. The number of carbonyl (C=O) groups excluding carboxylic acids is 1. The van der Waals surface area contributed by atoms with E-state index in [0.29, 0.717) is 49.8 Å². The number of methoxy groups -OCH3 is 4. The van der Waals surface area contributed by atoms with Gasteiger partial charge >= 0.3 is 0 Å². The molecule has 0 bridgehead atoms. The number of aryl methyl sites for hydroxylation is 1. The summed E-state index contributed by atoms with van der Waals surface area (Å²) in [6.07, 6.45) is 0.921. The van der Waals surface area contributed by atoms with Crippen LogP contribution in [0.5, 0.6) is 23.0 Å². The molecule has 0 saturated carbocycles. The van der Waals surface area contributed by atoms with E-state index >= 15 is 0 Å². The van der Waals surface area contributed by atoms with Gasteiger partial charge < -0.3 is 29.0 Å². The van der Waals surface area contributed by atoms with Crippen LogP contribution in [0, 0.1) is 0 Å². The molecule has 2 aromatic carbocycles. The molecule has 1 unspecified atom stereocenters. The van der Waals surface area contributed by atoms with Crippen LogP contribution < -0.4 is 24.3 Å². The maximum Gasteiger partial charge on any atom is 0.220 e. The van der Waals surface area contributed by atoms with Crippen LogP contribution in [0.1, 0.15) is 23.6 Å². The first kappa shape index (κ1) is 24.7. The van der Waals surface area contributed by atoms with E-state index in [4.69, 9.17) is 23.7 Å².